The van der Waals surface area contributed by atoms with Gasteiger partial charge >= 0.3 is 0 Å². The van der Waals surface area contributed by atoms with Gasteiger partial charge in [-0.3, -0.25) is 0 Å². The lowest BCUT2D eigenvalue weighted by molar-refractivity contribution is -0.0601. The van der Waals surface area contributed by atoms with Gasteiger partial charge in [-0.1, -0.05) is 12.1 Å². The highest BCUT2D eigenvalue weighted by molar-refractivity contribution is 7.89. The second-order valence-electron chi connectivity index (χ2n) is 5.99. The lowest BCUT2D eigenvalue weighted by Crippen LogP contribution is -2.45. The molecule has 6 heteroatoms. The highest BCUT2D eigenvalue weighted by Crippen LogP contribution is 2.35. The molecule has 2 aliphatic carbocycles. The van der Waals surface area contributed by atoms with Crippen molar-refractivity contribution >= 4 is 15.7 Å². The SMILES string of the molecule is COC1(CNc2ccccc2S(=O)(=O)NC2CC2)CCC1. The Morgan fingerprint density at radius 2 is 2.00 bits per heavy atom. The number of sulfonamides is 1. The van der Waals surface area contributed by atoms with Gasteiger partial charge < -0.3 is 10.1 Å². The van der Waals surface area contributed by atoms with Crippen molar-refractivity contribution in [2.24, 2.45) is 0 Å². The smallest absolute Gasteiger partial charge is 0.242 e. The fourth-order valence-corrected chi connectivity index (χ4v) is 4.10. The van der Waals surface area contributed by atoms with Crippen LogP contribution in [-0.2, 0) is 14.8 Å². The molecule has 2 fully saturated rings. The van der Waals surface area contributed by atoms with Crippen LogP contribution in [0.2, 0.25) is 0 Å². The monoisotopic (exact) mass is 310 g/mol. The van der Waals surface area contributed by atoms with Gasteiger partial charge in [0.2, 0.25) is 10.0 Å². The van der Waals surface area contributed by atoms with Crippen molar-refractivity contribution in [1.29, 1.82) is 0 Å². The van der Waals surface area contributed by atoms with Crippen LogP contribution in [0.4, 0.5) is 5.69 Å². The van der Waals surface area contributed by atoms with Gasteiger partial charge in [0.15, 0.2) is 0 Å². The van der Waals surface area contributed by atoms with Gasteiger partial charge in [0.05, 0.1) is 11.3 Å². The molecule has 2 saturated carbocycles. The molecule has 0 radical (unpaired) electrons. The molecular formula is C15H22N2O3S. The van der Waals surface area contributed by atoms with E-state index in [-0.39, 0.29) is 11.6 Å². The molecule has 0 heterocycles. The van der Waals surface area contributed by atoms with Gasteiger partial charge in [-0.25, -0.2) is 13.1 Å². The molecule has 0 saturated heterocycles. The van der Waals surface area contributed by atoms with Crippen LogP contribution >= 0.6 is 0 Å². The van der Waals surface area contributed by atoms with Crippen LogP contribution in [0.15, 0.2) is 29.2 Å². The highest BCUT2D eigenvalue weighted by atomic mass is 32.2. The maximum atomic E-state index is 12.4. The number of benzene rings is 1. The Morgan fingerprint density at radius 1 is 1.29 bits per heavy atom. The Labute approximate surface area is 126 Å². The van der Waals surface area contributed by atoms with Crippen molar-refractivity contribution in [1.82, 2.24) is 4.72 Å². The second-order valence-corrected chi connectivity index (χ2v) is 7.67. The molecule has 0 bridgehead atoms. The van der Waals surface area contributed by atoms with Gasteiger partial charge in [0.1, 0.15) is 4.90 Å². The number of hydrogen-bond acceptors (Lipinski definition) is 4. The topological polar surface area (TPSA) is 67.4 Å². The third kappa shape index (κ3) is 3.22. The summed E-state index contributed by atoms with van der Waals surface area (Å²) in [6, 6.07) is 7.16. The number of nitrogens with one attached hydrogen (secondary N) is 2. The van der Waals surface area contributed by atoms with Crippen molar-refractivity contribution in [3.8, 4) is 0 Å². The third-order valence-electron chi connectivity index (χ3n) is 4.37. The van der Waals surface area contributed by atoms with E-state index in [1.54, 1.807) is 19.2 Å². The van der Waals surface area contributed by atoms with Crippen molar-refractivity contribution in [2.75, 3.05) is 19.0 Å². The maximum Gasteiger partial charge on any atom is 0.242 e. The minimum atomic E-state index is -3.44. The minimum Gasteiger partial charge on any atom is -0.381 e. The van der Waals surface area contributed by atoms with E-state index in [9.17, 15) is 8.42 Å². The van der Waals surface area contributed by atoms with Gasteiger partial charge in [0.25, 0.3) is 0 Å². The Bertz CT molecular complexity index is 602. The van der Waals surface area contributed by atoms with Crippen molar-refractivity contribution in [3.63, 3.8) is 0 Å². The Kier molecular flexibility index (Phi) is 3.94. The second kappa shape index (κ2) is 5.59. The average Bonchev–Trinajstić information content (AvgIpc) is 3.22. The first-order valence-electron chi connectivity index (χ1n) is 7.45. The molecule has 2 N–H and O–H groups in total. The first-order valence-corrected chi connectivity index (χ1v) is 8.93. The fraction of sp³-hybridized carbons (Fsp3) is 0.600. The summed E-state index contributed by atoms with van der Waals surface area (Å²) in [6.07, 6.45) is 5.07. The lowest BCUT2D eigenvalue weighted by atomic mass is 9.80. The summed E-state index contributed by atoms with van der Waals surface area (Å²) in [5.74, 6) is 0. The largest absolute Gasteiger partial charge is 0.381 e. The maximum absolute atomic E-state index is 12.4. The number of methoxy groups -OCH3 is 1. The highest BCUT2D eigenvalue weighted by Gasteiger charge is 2.37. The van der Waals surface area contributed by atoms with Crippen LogP contribution in [-0.4, -0.2) is 33.7 Å². The molecular weight excluding hydrogens is 288 g/mol. The van der Waals surface area contributed by atoms with E-state index in [4.69, 9.17) is 4.74 Å². The van der Waals surface area contributed by atoms with Crippen molar-refractivity contribution in [3.05, 3.63) is 24.3 Å². The predicted molar refractivity (Wildman–Crippen MR) is 81.9 cm³/mol. The summed E-state index contributed by atoms with van der Waals surface area (Å²) in [5, 5.41) is 3.26. The fourth-order valence-electron chi connectivity index (χ4n) is 2.61. The van der Waals surface area contributed by atoms with Crippen molar-refractivity contribution in [2.45, 2.75) is 48.6 Å². The molecule has 116 valence electrons. The number of hydrogen-bond donors (Lipinski definition) is 2. The van der Waals surface area contributed by atoms with E-state index in [1.807, 2.05) is 12.1 Å². The van der Waals surface area contributed by atoms with Gasteiger partial charge in [-0.05, 0) is 44.2 Å². The molecule has 0 aromatic heterocycles. The molecule has 0 amide bonds. The average molecular weight is 310 g/mol. The Morgan fingerprint density at radius 3 is 2.57 bits per heavy atom. The first-order chi connectivity index (χ1) is 10.0. The van der Waals surface area contributed by atoms with E-state index in [0.29, 0.717) is 17.1 Å². The zero-order valence-corrected chi connectivity index (χ0v) is 13.1. The molecule has 3 rings (SSSR count). The van der Waals surface area contributed by atoms with E-state index in [0.717, 1.165) is 25.7 Å². The predicted octanol–water partition coefficient (Wildman–Crippen LogP) is 2.11. The van der Waals surface area contributed by atoms with Crippen LogP contribution in [0.3, 0.4) is 0 Å². The molecule has 2 aliphatic rings. The zero-order chi connectivity index (χ0) is 14.9. The molecule has 1 aromatic carbocycles. The number of rotatable bonds is 7. The summed E-state index contributed by atoms with van der Waals surface area (Å²) < 4.78 is 33.1. The van der Waals surface area contributed by atoms with Crippen LogP contribution in [0.1, 0.15) is 32.1 Å². The van der Waals surface area contributed by atoms with Gasteiger partial charge in [-0.2, -0.15) is 0 Å². The zero-order valence-electron chi connectivity index (χ0n) is 12.3. The molecule has 0 spiro atoms. The summed E-state index contributed by atoms with van der Waals surface area (Å²) in [6.45, 7) is 0.638. The quantitative estimate of drug-likeness (QED) is 0.809. The minimum absolute atomic E-state index is 0.111. The molecule has 0 aliphatic heterocycles. The van der Waals surface area contributed by atoms with E-state index < -0.39 is 10.0 Å². The van der Waals surface area contributed by atoms with Crippen LogP contribution in [0, 0.1) is 0 Å². The molecule has 5 nitrogen and oxygen atoms in total. The van der Waals surface area contributed by atoms with Crippen LogP contribution in [0.5, 0.6) is 0 Å². The first kappa shape index (κ1) is 14.8. The standard InChI is InChI=1S/C15H22N2O3S/c1-20-15(9-4-10-15)11-16-13-5-2-3-6-14(13)21(18,19)17-12-7-8-12/h2-3,5-6,12,16-17H,4,7-11H2,1H3. The van der Waals surface area contributed by atoms with E-state index in [2.05, 4.69) is 10.0 Å². The van der Waals surface area contributed by atoms with Crippen molar-refractivity contribution < 1.29 is 13.2 Å². The van der Waals surface area contributed by atoms with E-state index in [1.165, 1.54) is 6.42 Å². The number of para-hydroxylation sites is 1. The Hall–Kier alpha value is -1.11. The normalized spacial score (nSPS) is 20.8. The van der Waals surface area contributed by atoms with Crippen LogP contribution in [0.25, 0.3) is 0 Å². The van der Waals surface area contributed by atoms with E-state index >= 15 is 0 Å². The number of anilines is 1. The third-order valence-corrected chi connectivity index (χ3v) is 5.95. The molecule has 0 atom stereocenters. The molecule has 21 heavy (non-hydrogen) atoms. The van der Waals surface area contributed by atoms with Gasteiger partial charge in [0, 0.05) is 19.7 Å². The Balaban J connectivity index is 1.76. The van der Waals surface area contributed by atoms with Crippen LogP contribution < -0.4 is 10.0 Å². The lowest BCUT2D eigenvalue weighted by Gasteiger charge is -2.40. The summed E-state index contributed by atoms with van der Waals surface area (Å²) in [4.78, 5) is 0.322. The summed E-state index contributed by atoms with van der Waals surface area (Å²) in [5.41, 5.74) is 0.509. The summed E-state index contributed by atoms with van der Waals surface area (Å²) in [7, 11) is -1.72. The summed E-state index contributed by atoms with van der Waals surface area (Å²) >= 11 is 0. The molecule has 1 aromatic rings. The number of ether oxygens (including phenoxy) is 1. The molecule has 0 unspecified atom stereocenters. The van der Waals surface area contributed by atoms with Gasteiger partial charge in [-0.15, -0.1) is 0 Å².